The lowest BCUT2D eigenvalue weighted by molar-refractivity contribution is -0.138. The maximum absolute atomic E-state index is 10.9. The summed E-state index contributed by atoms with van der Waals surface area (Å²) in [6.45, 7) is 3.91. The summed E-state index contributed by atoms with van der Waals surface area (Å²) in [5.41, 5.74) is 1.09. The zero-order chi connectivity index (χ0) is 13.7. The highest BCUT2D eigenvalue weighted by atomic mass is 32.2. The van der Waals surface area contributed by atoms with Crippen LogP contribution in [0.3, 0.4) is 0 Å². The summed E-state index contributed by atoms with van der Waals surface area (Å²) in [6.07, 6.45) is 2.40. The fraction of sp³-hybridized carbons (Fsp3) is 0.692. The van der Waals surface area contributed by atoms with E-state index >= 15 is 0 Å². The van der Waals surface area contributed by atoms with E-state index in [9.17, 15) is 4.79 Å². The first kappa shape index (κ1) is 14.8. The topological polar surface area (TPSA) is 53.4 Å². The lowest BCUT2D eigenvalue weighted by atomic mass is 10.2. The summed E-state index contributed by atoms with van der Waals surface area (Å²) in [6, 6.07) is 0.146. The van der Waals surface area contributed by atoms with Crippen molar-refractivity contribution >= 4 is 29.1 Å². The Morgan fingerprint density at radius 3 is 3.21 bits per heavy atom. The predicted octanol–water partition coefficient (Wildman–Crippen LogP) is 2.49. The summed E-state index contributed by atoms with van der Waals surface area (Å²) >= 11 is 3.57. The van der Waals surface area contributed by atoms with E-state index in [1.807, 2.05) is 11.8 Å². The Morgan fingerprint density at radius 2 is 2.47 bits per heavy atom. The minimum absolute atomic E-state index is 0.146. The van der Waals surface area contributed by atoms with Crippen LogP contribution in [0, 0.1) is 0 Å². The standard InChI is InChI=1S/C13H20N2O2S2/c1-2-3-12-14-10(8-19-12)7-15-4-5-18-9-11(15)6-13(16)17/h8,11H,2-7,9H2,1H3,(H,16,17). The van der Waals surface area contributed by atoms with Crippen LogP contribution in [0.25, 0.3) is 0 Å². The Bertz CT molecular complexity index is 423. The van der Waals surface area contributed by atoms with Gasteiger partial charge >= 0.3 is 5.97 Å². The van der Waals surface area contributed by atoms with Crippen molar-refractivity contribution in [2.75, 3.05) is 18.1 Å². The molecular weight excluding hydrogens is 280 g/mol. The molecule has 0 spiro atoms. The van der Waals surface area contributed by atoms with Crippen LogP contribution in [0.1, 0.15) is 30.5 Å². The van der Waals surface area contributed by atoms with Gasteiger partial charge in [-0.05, 0) is 12.8 Å². The van der Waals surface area contributed by atoms with Gasteiger partial charge in [0.15, 0.2) is 0 Å². The van der Waals surface area contributed by atoms with Crippen LogP contribution in [0.4, 0.5) is 0 Å². The van der Waals surface area contributed by atoms with Crippen molar-refractivity contribution in [3.05, 3.63) is 16.1 Å². The van der Waals surface area contributed by atoms with Crippen LogP contribution < -0.4 is 0 Å². The molecule has 106 valence electrons. The second-order valence-corrected chi connectivity index (χ2v) is 6.87. The van der Waals surface area contributed by atoms with Crippen molar-refractivity contribution in [1.29, 1.82) is 0 Å². The first-order chi connectivity index (χ1) is 9.19. The van der Waals surface area contributed by atoms with Gasteiger partial charge in [-0.1, -0.05) is 6.92 Å². The molecule has 4 nitrogen and oxygen atoms in total. The number of carboxylic acid groups (broad SMARTS) is 1. The Morgan fingerprint density at radius 1 is 1.63 bits per heavy atom. The third-order valence-corrected chi connectivity index (χ3v) is 5.24. The van der Waals surface area contributed by atoms with Crippen molar-refractivity contribution in [1.82, 2.24) is 9.88 Å². The molecule has 0 radical (unpaired) electrons. The maximum Gasteiger partial charge on any atom is 0.304 e. The quantitative estimate of drug-likeness (QED) is 0.875. The number of rotatable bonds is 6. The minimum Gasteiger partial charge on any atom is -0.481 e. The molecule has 1 saturated heterocycles. The molecule has 1 unspecified atom stereocenters. The largest absolute Gasteiger partial charge is 0.481 e. The van der Waals surface area contributed by atoms with E-state index in [1.54, 1.807) is 11.3 Å². The summed E-state index contributed by atoms with van der Waals surface area (Å²) < 4.78 is 0. The lowest BCUT2D eigenvalue weighted by Crippen LogP contribution is -2.43. The third-order valence-electron chi connectivity index (χ3n) is 3.19. The van der Waals surface area contributed by atoms with E-state index in [1.165, 1.54) is 5.01 Å². The molecule has 0 aromatic carbocycles. The average Bonchev–Trinajstić information content (AvgIpc) is 2.79. The minimum atomic E-state index is -0.706. The van der Waals surface area contributed by atoms with Crippen LogP contribution in [0.2, 0.25) is 0 Å². The second kappa shape index (κ2) is 7.26. The average molecular weight is 300 g/mol. The van der Waals surface area contributed by atoms with Crippen LogP contribution in [0.5, 0.6) is 0 Å². The molecule has 6 heteroatoms. The molecule has 1 atom stereocenters. The SMILES string of the molecule is CCCc1nc(CN2CCSCC2CC(=O)O)cs1. The Hall–Kier alpha value is -0.590. The van der Waals surface area contributed by atoms with Crippen molar-refractivity contribution in [2.24, 2.45) is 0 Å². The second-order valence-electron chi connectivity index (χ2n) is 4.78. The number of aromatic nitrogens is 1. The fourth-order valence-electron chi connectivity index (χ4n) is 2.25. The highest BCUT2D eigenvalue weighted by Gasteiger charge is 2.25. The van der Waals surface area contributed by atoms with Crippen molar-refractivity contribution in [2.45, 2.75) is 38.8 Å². The van der Waals surface area contributed by atoms with Gasteiger partial charge in [0.1, 0.15) is 0 Å². The molecule has 1 fully saturated rings. The third kappa shape index (κ3) is 4.47. The van der Waals surface area contributed by atoms with Gasteiger partial charge in [0.25, 0.3) is 0 Å². The van der Waals surface area contributed by atoms with Gasteiger partial charge in [-0.15, -0.1) is 11.3 Å². The molecule has 1 aliphatic heterocycles. The monoisotopic (exact) mass is 300 g/mol. The van der Waals surface area contributed by atoms with Crippen LogP contribution in [0.15, 0.2) is 5.38 Å². The maximum atomic E-state index is 10.9. The predicted molar refractivity (Wildman–Crippen MR) is 79.9 cm³/mol. The van der Waals surface area contributed by atoms with Gasteiger partial charge in [-0.25, -0.2) is 4.98 Å². The highest BCUT2D eigenvalue weighted by molar-refractivity contribution is 7.99. The molecule has 0 saturated carbocycles. The lowest BCUT2D eigenvalue weighted by Gasteiger charge is -2.33. The van der Waals surface area contributed by atoms with Crippen LogP contribution in [-0.4, -0.2) is 45.1 Å². The molecule has 0 aliphatic carbocycles. The van der Waals surface area contributed by atoms with E-state index in [4.69, 9.17) is 5.11 Å². The number of aryl methyl sites for hydroxylation is 1. The van der Waals surface area contributed by atoms with E-state index in [2.05, 4.69) is 22.2 Å². The van der Waals surface area contributed by atoms with Crippen LogP contribution >= 0.6 is 23.1 Å². The van der Waals surface area contributed by atoms with E-state index < -0.39 is 5.97 Å². The number of carboxylic acids is 1. The summed E-state index contributed by atoms with van der Waals surface area (Å²) in [5.74, 6) is 1.29. The number of hydrogen-bond acceptors (Lipinski definition) is 5. The normalized spacial score (nSPS) is 20.6. The Kier molecular flexibility index (Phi) is 5.66. The van der Waals surface area contributed by atoms with Gasteiger partial charge < -0.3 is 5.11 Å². The molecule has 0 amide bonds. The smallest absolute Gasteiger partial charge is 0.304 e. The molecule has 1 aromatic rings. The number of carbonyl (C=O) groups is 1. The number of aliphatic carboxylic acids is 1. The van der Waals surface area contributed by atoms with E-state index in [-0.39, 0.29) is 12.5 Å². The van der Waals surface area contributed by atoms with Gasteiger partial charge in [0, 0.05) is 36.0 Å². The number of hydrogen-bond donors (Lipinski definition) is 1. The van der Waals surface area contributed by atoms with Crippen LogP contribution in [-0.2, 0) is 17.8 Å². The molecule has 1 N–H and O–H groups in total. The van der Waals surface area contributed by atoms with Gasteiger partial charge in [-0.2, -0.15) is 11.8 Å². The first-order valence-electron chi connectivity index (χ1n) is 6.66. The van der Waals surface area contributed by atoms with Gasteiger partial charge in [-0.3, -0.25) is 9.69 Å². The molecule has 1 aromatic heterocycles. The van der Waals surface area contributed by atoms with Crippen molar-refractivity contribution in [3.8, 4) is 0 Å². The molecule has 0 bridgehead atoms. The first-order valence-corrected chi connectivity index (χ1v) is 8.69. The molecule has 1 aliphatic rings. The van der Waals surface area contributed by atoms with Gasteiger partial charge in [0.2, 0.25) is 0 Å². The highest BCUT2D eigenvalue weighted by Crippen LogP contribution is 2.22. The Labute approximate surface area is 122 Å². The molecule has 2 heterocycles. The molecule has 2 rings (SSSR count). The zero-order valence-electron chi connectivity index (χ0n) is 11.2. The number of thiazole rings is 1. The zero-order valence-corrected chi connectivity index (χ0v) is 12.8. The molecule has 19 heavy (non-hydrogen) atoms. The van der Waals surface area contributed by atoms with Crippen molar-refractivity contribution in [3.63, 3.8) is 0 Å². The van der Waals surface area contributed by atoms with Gasteiger partial charge in [0.05, 0.1) is 17.1 Å². The van der Waals surface area contributed by atoms with E-state index in [0.29, 0.717) is 0 Å². The number of nitrogens with zero attached hydrogens (tertiary/aromatic N) is 2. The molecular formula is C13H20N2O2S2. The summed E-state index contributed by atoms with van der Waals surface area (Å²) in [4.78, 5) is 17.8. The Balaban J connectivity index is 1.95. The van der Waals surface area contributed by atoms with Crippen molar-refractivity contribution < 1.29 is 9.90 Å². The van der Waals surface area contributed by atoms with E-state index in [0.717, 1.165) is 43.1 Å². The summed E-state index contributed by atoms with van der Waals surface area (Å²) in [7, 11) is 0. The fourth-order valence-corrected chi connectivity index (χ4v) is 4.27. The number of thioether (sulfide) groups is 1. The summed E-state index contributed by atoms with van der Waals surface area (Å²) in [5, 5.41) is 12.3.